The van der Waals surface area contributed by atoms with Gasteiger partial charge in [-0.1, -0.05) is 78.5 Å². The monoisotopic (exact) mass is 480 g/mol. The van der Waals surface area contributed by atoms with Gasteiger partial charge in [-0.15, -0.1) is 11.8 Å². The first-order chi connectivity index (χ1) is 16.0. The number of rotatable bonds is 7. The molecule has 0 spiro atoms. The third kappa shape index (κ3) is 7.41. The van der Waals surface area contributed by atoms with Crippen LogP contribution in [0.25, 0.3) is 11.0 Å². The van der Waals surface area contributed by atoms with Crippen molar-refractivity contribution in [1.82, 2.24) is 0 Å². The first-order valence-corrected chi connectivity index (χ1v) is 12.8. The van der Waals surface area contributed by atoms with Gasteiger partial charge in [0.05, 0.1) is 11.7 Å². The lowest BCUT2D eigenvalue weighted by Gasteiger charge is -2.23. The Kier molecular flexibility index (Phi) is 9.46. The highest BCUT2D eigenvalue weighted by molar-refractivity contribution is 8.14. The second-order valence-electron chi connectivity index (χ2n) is 7.61. The lowest BCUT2D eigenvalue weighted by molar-refractivity contribution is -0.136. The zero-order chi connectivity index (χ0) is 23.6. The van der Waals surface area contributed by atoms with Gasteiger partial charge < -0.3 is 9.47 Å². The van der Waals surface area contributed by atoms with E-state index in [2.05, 4.69) is 0 Å². The van der Waals surface area contributed by atoms with Crippen molar-refractivity contribution in [2.45, 2.75) is 33.3 Å². The number of carbonyl (C=O) groups is 2. The molecule has 0 fully saturated rings. The quantitative estimate of drug-likeness (QED) is 0.249. The molecule has 33 heavy (non-hydrogen) atoms. The molecule has 0 bridgehead atoms. The summed E-state index contributed by atoms with van der Waals surface area (Å²) in [5.41, 5.74) is 2.32. The minimum absolute atomic E-state index is 0.0885. The Morgan fingerprint density at radius 3 is 2.24 bits per heavy atom. The Balaban J connectivity index is 2.27. The number of hydrogen-bond acceptors (Lipinski definition) is 6. The molecule has 0 unspecified atom stereocenters. The molecule has 0 amide bonds. The zero-order valence-electron chi connectivity index (χ0n) is 19.1. The van der Waals surface area contributed by atoms with Crippen LogP contribution in [0, 0.1) is 0 Å². The maximum Gasteiger partial charge on any atom is 0.308 e. The number of thioether (sulfide) groups is 2. The van der Waals surface area contributed by atoms with Crippen molar-refractivity contribution in [3.05, 3.63) is 95.0 Å². The predicted octanol–water partition coefficient (Wildman–Crippen LogP) is 6.71. The summed E-state index contributed by atoms with van der Waals surface area (Å²) in [6, 6.07) is 19.5. The molecule has 172 valence electrons. The number of allylic oxidation sites excluding steroid dienone is 2. The van der Waals surface area contributed by atoms with Crippen molar-refractivity contribution in [2.75, 3.05) is 11.5 Å². The summed E-state index contributed by atoms with van der Waals surface area (Å²) in [6.45, 7) is 5.13. The summed E-state index contributed by atoms with van der Waals surface area (Å²) >= 11 is 2.91. The van der Waals surface area contributed by atoms with Crippen LogP contribution in [-0.4, -0.2) is 28.7 Å². The highest BCUT2D eigenvalue weighted by Gasteiger charge is 2.29. The molecule has 0 atom stereocenters. The Bertz CT molecular complexity index is 1050. The van der Waals surface area contributed by atoms with E-state index in [-0.39, 0.29) is 22.7 Å². The first kappa shape index (κ1) is 24.9. The molecule has 0 saturated carbocycles. The van der Waals surface area contributed by atoms with Crippen LogP contribution < -0.4 is 0 Å². The van der Waals surface area contributed by atoms with Gasteiger partial charge in [0, 0.05) is 17.6 Å². The van der Waals surface area contributed by atoms with E-state index in [1.807, 2.05) is 80.6 Å². The molecular formula is C27H28O4S2. The van der Waals surface area contributed by atoms with E-state index in [4.69, 9.17) is 9.47 Å². The van der Waals surface area contributed by atoms with E-state index in [0.29, 0.717) is 5.57 Å². The Labute approximate surface area is 204 Å². The topological polar surface area (TPSA) is 52.6 Å². The summed E-state index contributed by atoms with van der Waals surface area (Å²) in [7, 11) is 0. The normalized spacial score (nSPS) is 18.0. The van der Waals surface area contributed by atoms with Crippen LogP contribution in [0.4, 0.5) is 0 Å². The third-order valence-electron chi connectivity index (χ3n) is 4.52. The highest BCUT2D eigenvalue weighted by atomic mass is 32.2. The molecule has 2 aromatic rings. The number of ether oxygens (including phenoxy) is 2. The van der Waals surface area contributed by atoms with Crippen LogP contribution >= 0.6 is 23.5 Å². The molecule has 1 aliphatic rings. The third-order valence-corrected chi connectivity index (χ3v) is 6.70. The van der Waals surface area contributed by atoms with E-state index in [0.717, 1.165) is 34.0 Å². The summed E-state index contributed by atoms with van der Waals surface area (Å²) in [5, 5.41) is -0.0885. The SMILES string of the molecule is CC(=O)OC(/C=C/c1ccccc1)=C(OC(C)C)/C1=C(\c2ccccc2)SCCCSC1=O. The molecule has 0 radical (unpaired) electrons. The average molecular weight is 481 g/mol. The smallest absolute Gasteiger partial charge is 0.308 e. The van der Waals surface area contributed by atoms with Crippen molar-refractivity contribution < 1.29 is 19.1 Å². The average Bonchev–Trinajstić information content (AvgIpc) is 2.79. The largest absolute Gasteiger partial charge is 0.486 e. The number of benzene rings is 2. The Morgan fingerprint density at radius 1 is 0.970 bits per heavy atom. The standard InChI is InChI=1S/C27H28O4S2/c1-19(2)30-25(23(31-20(3)28)16-15-21-11-6-4-7-12-21)24-26(22-13-8-5-9-14-22)32-17-10-18-33-27(24)29/h4-9,11-16,19H,10,17-18H2,1-3H3/b16-15+,25-23-,26-24-. The van der Waals surface area contributed by atoms with Crippen molar-refractivity contribution in [1.29, 1.82) is 0 Å². The number of esters is 1. The maximum absolute atomic E-state index is 13.5. The summed E-state index contributed by atoms with van der Waals surface area (Å²) in [6.07, 6.45) is 4.25. The predicted molar refractivity (Wildman–Crippen MR) is 138 cm³/mol. The van der Waals surface area contributed by atoms with Gasteiger partial charge in [0.25, 0.3) is 0 Å². The first-order valence-electron chi connectivity index (χ1n) is 10.9. The molecule has 2 aromatic carbocycles. The van der Waals surface area contributed by atoms with E-state index in [1.165, 1.54) is 18.7 Å². The fourth-order valence-corrected chi connectivity index (χ4v) is 5.36. The van der Waals surface area contributed by atoms with E-state index >= 15 is 0 Å². The van der Waals surface area contributed by atoms with Gasteiger partial charge in [0.2, 0.25) is 5.12 Å². The van der Waals surface area contributed by atoms with Crippen molar-refractivity contribution in [3.63, 3.8) is 0 Å². The summed E-state index contributed by atoms with van der Waals surface area (Å²) < 4.78 is 11.8. The van der Waals surface area contributed by atoms with Gasteiger partial charge in [-0.05, 0) is 43.2 Å². The Morgan fingerprint density at radius 2 is 1.61 bits per heavy atom. The van der Waals surface area contributed by atoms with E-state index < -0.39 is 5.97 Å². The number of carbonyl (C=O) groups excluding carboxylic acids is 2. The molecule has 0 aromatic heterocycles. The van der Waals surface area contributed by atoms with E-state index in [1.54, 1.807) is 17.8 Å². The fourth-order valence-electron chi connectivity index (χ4n) is 3.17. The van der Waals surface area contributed by atoms with Gasteiger partial charge >= 0.3 is 5.97 Å². The Hall–Kier alpha value is -2.70. The van der Waals surface area contributed by atoms with Crippen molar-refractivity contribution in [3.8, 4) is 0 Å². The van der Waals surface area contributed by atoms with Crippen LogP contribution in [0.3, 0.4) is 0 Å². The molecule has 0 saturated heterocycles. The summed E-state index contributed by atoms with van der Waals surface area (Å²) in [4.78, 5) is 26.3. The van der Waals surface area contributed by atoms with Crippen LogP contribution in [0.15, 0.2) is 83.8 Å². The lowest BCUT2D eigenvalue weighted by atomic mass is 10.1. The lowest BCUT2D eigenvalue weighted by Crippen LogP contribution is -2.16. The molecule has 4 nitrogen and oxygen atoms in total. The minimum Gasteiger partial charge on any atom is -0.486 e. The van der Waals surface area contributed by atoms with Gasteiger partial charge in [0.1, 0.15) is 0 Å². The van der Waals surface area contributed by atoms with Gasteiger partial charge in [-0.25, -0.2) is 0 Å². The second kappa shape index (κ2) is 12.5. The molecule has 0 N–H and O–H groups in total. The van der Waals surface area contributed by atoms with Crippen molar-refractivity contribution in [2.24, 2.45) is 0 Å². The second-order valence-corrected chi connectivity index (χ2v) is 9.78. The molecule has 1 heterocycles. The van der Waals surface area contributed by atoms with Crippen molar-refractivity contribution >= 4 is 45.6 Å². The molecule has 1 aliphatic heterocycles. The van der Waals surface area contributed by atoms with Crippen LogP contribution in [0.5, 0.6) is 0 Å². The van der Waals surface area contributed by atoms with Gasteiger partial charge in [-0.2, -0.15) is 0 Å². The van der Waals surface area contributed by atoms with Gasteiger partial charge in [0.15, 0.2) is 11.5 Å². The number of hydrogen-bond donors (Lipinski definition) is 0. The summed E-state index contributed by atoms with van der Waals surface area (Å²) in [5.74, 6) is 1.64. The van der Waals surface area contributed by atoms with Crippen LogP contribution in [-0.2, 0) is 19.1 Å². The fraction of sp³-hybridized carbons (Fsp3) is 0.259. The highest BCUT2D eigenvalue weighted by Crippen LogP contribution is 2.40. The maximum atomic E-state index is 13.5. The van der Waals surface area contributed by atoms with Crippen LogP contribution in [0.1, 0.15) is 38.3 Å². The molecule has 3 rings (SSSR count). The zero-order valence-corrected chi connectivity index (χ0v) is 20.7. The minimum atomic E-state index is -0.479. The van der Waals surface area contributed by atoms with E-state index in [9.17, 15) is 9.59 Å². The van der Waals surface area contributed by atoms with Gasteiger partial charge in [-0.3, -0.25) is 9.59 Å². The molecular weight excluding hydrogens is 452 g/mol. The molecule has 0 aliphatic carbocycles. The molecule has 6 heteroatoms. The van der Waals surface area contributed by atoms with Crippen LogP contribution in [0.2, 0.25) is 0 Å².